The summed E-state index contributed by atoms with van der Waals surface area (Å²) < 4.78 is 5.72. The lowest BCUT2D eigenvalue weighted by molar-refractivity contribution is -0.121. The van der Waals surface area contributed by atoms with Crippen LogP contribution in [-0.4, -0.2) is 11.8 Å². The Kier molecular flexibility index (Phi) is 4.38. The minimum atomic E-state index is -0.104. The van der Waals surface area contributed by atoms with Crippen molar-refractivity contribution in [2.45, 2.75) is 51.5 Å². The number of carbonyl (C=O) groups is 2. The van der Waals surface area contributed by atoms with E-state index in [4.69, 9.17) is 4.42 Å². The lowest BCUT2D eigenvalue weighted by atomic mass is 9.97. The van der Waals surface area contributed by atoms with E-state index in [9.17, 15) is 9.59 Å². The molecule has 1 aliphatic carbocycles. The number of benzene rings is 2. The number of hydrogen-bond donors (Lipinski definition) is 2. The smallest absolute Gasteiger partial charge is 0.225 e. The van der Waals surface area contributed by atoms with Gasteiger partial charge >= 0.3 is 0 Å². The average molecular weight is 388 g/mol. The molecule has 2 N–H and O–H groups in total. The molecule has 0 radical (unpaired) electrons. The molecule has 1 unspecified atom stereocenters. The molecule has 1 aromatic heterocycles. The number of rotatable bonds is 4. The SMILES string of the molecule is CC(NC(=O)Cc1coc2cc3c(cc12)CCC3)c1ccc2c(c1)CCC(=O)N2. The van der Waals surface area contributed by atoms with Gasteiger partial charge in [0.05, 0.1) is 18.7 Å². The summed E-state index contributed by atoms with van der Waals surface area (Å²) in [7, 11) is 0. The molecule has 29 heavy (non-hydrogen) atoms. The molecule has 0 spiro atoms. The maximum atomic E-state index is 12.7. The van der Waals surface area contributed by atoms with Crippen LogP contribution in [0.25, 0.3) is 11.0 Å². The Balaban J connectivity index is 1.30. The first-order valence-electron chi connectivity index (χ1n) is 10.3. The largest absolute Gasteiger partial charge is 0.464 e. The molecule has 0 bridgehead atoms. The Labute approximate surface area is 169 Å². The number of amides is 2. The number of anilines is 1. The van der Waals surface area contributed by atoms with E-state index >= 15 is 0 Å². The summed E-state index contributed by atoms with van der Waals surface area (Å²) in [6.07, 6.45) is 6.68. The van der Waals surface area contributed by atoms with Crippen LogP contribution in [-0.2, 0) is 35.3 Å². The maximum Gasteiger partial charge on any atom is 0.225 e. The highest BCUT2D eigenvalue weighted by Crippen LogP contribution is 2.31. The van der Waals surface area contributed by atoms with Crippen molar-refractivity contribution in [3.63, 3.8) is 0 Å². The average Bonchev–Trinajstić information content (AvgIpc) is 3.32. The first-order chi connectivity index (χ1) is 14.1. The van der Waals surface area contributed by atoms with E-state index in [1.165, 1.54) is 17.5 Å². The zero-order valence-electron chi connectivity index (χ0n) is 16.5. The van der Waals surface area contributed by atoms with Crippen molar-refractivity contribution in [2.75, 3.05) is 5.32 Å². The van der Waals surface area contributed by atoms with Gasteiger partial charge in [0, 0.05) is 23.1 Å². The fourth-order valence-corrected chi connectivity index (χ4v) is 4.51. The molecular weight excluding hydrogens is 364 g/mol. The zero-order valence-corrected chi connectivity index (χ0v) is 16.5. The molecule has 2 heterocycles. The second-order valence-electron chi connectivity index (χ2n) is 8.16. The minimum Gasteiger partial charge on any atom is -0.464 e. The van der Waals surface area contributed by atoms with E-state index in [1.54, 1.807) is 6.26 Å². The van der Waals surface area contributed by atoms with E-state index in [2.05, 4.69) is 28.8 Å². The van der Waals surface area contributed by atoms with Gasteiger partial charge in [0.15, 0.2) is 0 Å². The third-order valence-electron chi connectivity index (χ3n) is 6.12. The highest BCUT2D eigenvalue weighted by atomic mass is 16.3. The summed E-state index contributed by atoms with van der Waals surface area (Å²) in [6, 6.07) is 10.2. The van der Waals surface area contributed by atoms with Crippen LogP contribution in [0, 0.1) is 0 Å². The molecule has 0 fully saturated rings. The van der Waals surface area contributed by atoms with Crippen LogP contribution in [0.1, 0.15) is 53.6 Å². The van der Waals surface area contributed by atoms with Gasteiger partial charge in [-0.05, 0) is 73.1 Å². The molecule has 3 aromatic rings. The summed E-state index contributed by atoms with van der Waals surface area (Å²) >= 11 is 0. The van der Waals surface area contributed by atoms with Crippen molar-refractivity contribution in [1.29, 1.82) is 0 Å². The number of aryl methyl sites for hydroxylation is 3. The summed E-state index contributed by atoms with van der Waals surface area (Å²) in [6.45, 7) is 1.99. The van der Waals surface area contributed by atoms with Crippen molar-refractivity contribution in [3.05, 3.63) is 64.4 Å². The Morgan fingerprint density at radius 3 is 2.79 bits per heavy atom. The van der Waals surface area contributed by atoms with Gasteiger partial charge < -0.3 is 15.1 Å². The van der Waals surface area contributed by atoms with Gasteiger partial charge in [-0.1, -0.05) is 12.1 Å². The molecule has 1 atom stereocenters. The standard InChI is InChI=1S/C24H24N2O3/c1-14(15-5-7-21-18(9-15)6-8-23(27)26-21)25-24(28)12-19-13-29-22-11-17-4-2-3-16(17)10-20(19)22/h5,7,9-11,13-14H,2-4,6,8,12H2,1H3,(H,25,28)(H,26,27). The van der Waals surface area contributed by atoms with Gasteiger partial charge in [-0.3, -0.25) is 9.59 Å². The second-order valence-corrected chi connectivity index (χ2v) is 8.16. The summed E-state index contributed by atoms with van der Waals surface area (Å²) in [4.78, 5) is 24.2. The molecule has 2 amide bonds. The van der Waals surface area contributed by atoms with Gasteiger partial charge in [0.25, 0.3) is 0 Å². The number of nitrogens with one attached hydrogen (secondary N) is 2. The first-order valence-corrected chi connectivity index (χ1v) is 10.3. The highest BCUT2D eigenvalue weighted by molar-refractivity contribution is 5.94. The molecule has 5 rings (SSSR count). The number of carbonyl (C=O) groups excluding carboxylic acids is 2. The third kappa shape index (κ3) is 3.41. The van der Waals surface area contributed by atoms with Crippen molar-refractivity contribution in [1.82, 2.24) is 5.32 Å². The predicted octanol–water partition coefficient (Wildman–Crippen LogP) is 4.23. The summed E-state index contributed by atoms with van der Waals surface area (Å²) in [5.41, 5.74) is 7.61. The maximum absolute atomic E-state index is 12.7. The highest BCUT2D eigenvalue weighted by Gasteiger charge is 2.19. The third-order valence-corrected chi connectivity index (χ3v) is 6.12. The van der Waals surface area contributed by atoms with Gasteiger partial charge in [-0.25, -0.2) is 0 Å². The van der Waals surface area contributed by atoms with Crippen LogP contribution in [0.4, 0.5) is 5.69 Å². The van der Waals surface area contributed by atoms with Crippen molar-refractivity contribution in [2.24, 2.45) is 0 Å². The molecule has 0 saturated carbocycles. The summed E-state index contributed by atoms with van der Waals surface area (Å²) in [5, 5.41) is 7.05. The van der Waals surface area contributed by atoms with E-state index in [1.807, 2.05) is 19.1 Å². The minimum absolute atomic E-state index is 0.0216. The molecule has 0 saturated heterocycles. The van der Waals surface area contributed by atoms with Crippen LogP contribution in [0.5, 0.6) is 0 Å². The molecular formula is C24H24N2O3. The predicted molar refractivity (Wildman–Crippen MR) is 112 cm³/mol. The Morgan fingerprint density at radius 1 is 1.10 bits per heavy atom. The lowest BCUT2D eigenvalue weighted by Crippen LogP contribution is -2.28. The van der Waals surface area contributed by atoms with Crippen LogP contribution in [0.2, 0.25) is 0 Å². The fraction of sp³-hybridized carbons (Fsp3) is 0.333. The number of furan rings is 1. The van der Waals surface area contributed by atoms with Gasteiger partial charge in [-0.2, -0.15) is 0 Å². The first kappa shape index (κ1) is 18.0. The normalized spacial score (nSPS) is 16.2. The number of hydrogen-bond acceptors (Lipinski definition) is 3. The molecule has 2 aliphatic rings. The van der Waals surface area contributed by atoms with Gasteiger partial charge in [-0.15, -0.1) is 0 Å². The summed E-state index contributed by atoms with van der Waals surface area (Å²) in [5.74, 6) is 0.0382. The van der Waals surface area contributed by atoms with Crippen molar-refractivity contribution < 1.29 is 14.0 Å². The molecule has 2 aromatic carbocycles. The van der Waals surface area contributed by atoms with Crippen LogP contribution in [0.15, 0.2) is 41.0 Å². The fourth-order valence-electron chi connectivity index (χ4n) is 4.51. The van der Waals surface area contributed by atoms with E-state index in [0.29, 0.717) is 12.8 Å². The Morgan fingerprint density at radius 2 is 1.93 bits per heavy atom. The topological polar surface area (TPSA) is 71.3 Å². The molecule has 148 valence electrons. The van der Waals surface area contributed by atoms with E-state index < -0.39 is 0 Å². The Bertz CT molecular complexity index is 1130. The molecule has 1 aliphatic heterocycles. The zero-order chi connectivity index (χ0) is 20.0. The number of fused-ring (bicyclic) bond motifs is 3. The van der Waals surface area contributed by atoms with Crippen LogP contribution < -0.4 is 10.6 Å². The molecule has 5 nitrogen and oxygen atoms in total. The van der Waals surface area contributed by atoms with E-state index in [-0.39, 0.29) is 17.9 Å². The van der Waals surface area contributed by atoms with Gasteiger partial charge in [0.1, 0.15) is 5.58 Å². The van der Waals surface area contributed by atoms with Crippen LogP contribution >= 0.6 is 0 Å². The van der Waals surface area contributed by atoms with Crippen molar-refractivity contribution >= 4 is 28.5 Å². The van der Waals surface area contributed by atoms with Crippen LogP contribution in [0.3, 0.4) is 0 Å². The quantitative estimate of drug-likeness (QED) is 0.703. The van der Waals surface area contributed by atoms with Gasteiger partial charge in [0.2, 0.25) is 11.8 Å². The lowest BCUT2D eigenvalue weighted by Gasteiger charge is -2.20. The monoisotopic (exact) mass is 388 g/mol. The van der Waals surface area contributed by atoms with Crippen molar-refractivity contribution in [3.8, 4) is 0 Å². The second kappa shape index (κ2) is 7.07. The van der Waals surface area contributed by atoms with E-state index in [0.717, 1.165) is 52.6 Å². The Hall–Kier alpha value is -3.08. The molecule has 5 heteroatoms.